The predicted octanol–water partition coefficient (Wildman–Crippen LogP) is 2.68. The van der Waals surface area contributed by atoms with Crippen LogP contribution in [-0.2, 0) is 9.84 Å². The monoisotopic (exact) mass is 378 g/mol. The number of hydrogen-bond donors (Lipinski definition) is 2. The van der Waals surface area contributed by atoms with Gasteiger partial charge in [0.1, 0.15) is 11.1 Å². The maximum atomic E-state index is 12.6. The summed E-state index contributed by atoms with van der Waals surface area (Å²) in [5, 5.41) is 13.0. The normalized spacial score (nSPS) is 19.5. The van der Waals surface area contributed by atoms with Crippen molar-refractivity contribution < 1.29 is 13.5 Å². The molecule has 118 valence electrons. The first-order valence-electron chi connectivity index (χ1n) is 6.43. The Morgan fingerprint density at radius 2 is 2.09 bits per heavy atom. The van der Waals surface area contributed by atoms with Crippen LogP contribution in [0, 0.1) is 0 Å². The van der Waals surface area contributed by atoms with Crippen molar-refractivity contribution in [2.45, 2.75) is 10.4 Å². The highest BCUT2D eigenvalue weighted by Crippen LogP contribution is 2.34. The molecule has 1 aromatic heterocycles. The molecular weight excluding hydrogens is 367 g/mol. The summed E-state index contributed by atoms with van der Waals surface area (Å²) in [5.74, 6) is 1.10. The van der Waals surface area contributed by atoms with Gasteiger partial charge in [0.2, 0.25) is 9.84 Å². The number of benzene rings is 1. The number of aromatic nitrogens is 1. The van der Waals surface area contributed by atoms with E-state index >= 15 is 0 Å². The van der Waals surface area contributed by atoms with Gasteiger partial charge in [0.15, 0.2) is 5.03 Å². The third-order valence-corrected chi connectivity index (χ3v) is 6.99. The van der Waals surface area contributed by atoms with Crippen LogP contribution in [0.3, 0.4) is 0 Å². The highest BCUT2D eigenvalue weighted by Gasteiger charge is 2.31. The maximum Gasteiger partial charge on any atom is 0.212 e. The summed E-state index contributed by atoms with van der Waals surface area (Å²) in [7, 11) is -3.70. The molecule has 0 amide bonds. The van der Waals surface area contributed by atoms with E-state index in [1.54, 1.807) is 11.8 Å². The molecule has 3 rings (SSSR count). The van der Waals surface area contributed by atoms with Crippen LogP contribution in [0.5, 0.6) is 5.75 Å². The number of fused-ring (bicyclic) bond motifs is 1. The minimum absolute atomic E-state index is 0.193. The summed E-state index contributed by atoms with van der Waals surface area (Å²) < 4.78 is 25.3. The smallest absolute Gasteiger partial charge is 0.212 e. The van der Waals surface area contributed by atoms with Gasteiger partial charge in [-0.3, -0.25) is 5.32 Å². The molecule has 0 bridgehead atoms. The Morgan fingerprint density at radius 1 is 1.32 bits per heavy atom. The van der Waals surface area contributed by atoms with Gasteiger partial charge in [0, 0.05) is 34.5 Å². The predicted molar refractivity (Wildman–Crippen MR) is 89.7 cm³/mol. The van der Waals surface area contributed by atoms with Gasteiger partial charge in [0.25, 0.3) is 0 Å². The zero-order valence-electron chi connectivity index (χ0n) is 11.2. The maximum absolute atomic E-state index is 12.6. The molecule has 1 atom stereocenters. The van der Waals surface area contributed by atoms with E-state index in [-0.39, 0.29) is 21.3 Å². The first-order valence-corrected chi connectivity index (χ1v) is 9.89. The Hall–Kier alpha value is -0.730. The van der Waals surface area contributed by atoms with Crippen molar-refractivity contribution >= 4 is 55.7 Å². The lowest BCUT2D eigenvalue weighted by atomic mass is 10.2. The third-order valence-electron chi connectivity index (χ3n) is 3.34. The molecule has 22 heavy (non-hydrogen) atoms. The molecule has 1 aliphatic heterocycles. The zero-order chi connectivity index (χ0) is 15.9. The van der Waals surface area contributed by atoms with E-state index in [1.165, 1.54) is 12.1 Å². The number of sulfone groups is 1. The Morgan fingerprint density at radius 3 is 2.77 bits per heavy atom. The van der Waals surface area contributed by atoms with E-state index in [4.69, 9.17) is 23.2 Å². The molecule has 0 saturated carbocycles. The van der Waals surface area contributed by atoms with Crippen molar-refractivity contribution in [1.82, 2.24) is 10.3 Å². The van der Waals surface area contributed by atoms with Crippen LogP contribution in [0.15, 0.2) is 23.2 Å². The van der Waals surface area contributed by atoms with Gasteiger partial charge in [-0.15, -0.1) is 0 Å². The fourth-order valence-corrected chi connectivity index (χ4v) is 5.67. The van der Waals surface area contributed by atoms with Crippen molar-refractivity contribution in [3.05, 3.63) is 28.2 Å². The lowest BCUT2D eigenvalue weighted by Gasteiger charge is -2.23. The molecule has 1 aromatic carbocycles. The second-order valence-corrected chi connectivity index (χ2v) is 8.90. The number of halogens is 2. The average Bonchev–Trinajstić information content (AvgIpc) is 2.49. The zero-order valence-corrected chi connectivity index (χ0v) is 14.4. The summed E-state index contributed by atoms with van der Waals surface area (Å²) in [6, 6.07) is 4.10. The second kappa shape index (κ2) is 6.05. The Bertz CT molecular complexity index is 837. The Balaban J connectivity index is 2.15. The molecule has 2 heterocycles. The summed E-state index contributed by atoms with van der Waals surface area (Å²) in [5.41, 5.74) is 0.216. The largest absolute Gasteiger partial charge is 0.507 e. The molecular formula is C13H12Cl2N2O3S2. The molecule has 2 aromatic rings. The van der Waals surface area contributed by atoms with Gasteiger partial charge in [-0.1, -0.05) is 23.2 Å². The van der Waals surface area contributed by atoms with Crippen LogP contribution in [0.1, 0.15) is 0 Å². The molecule has 1 unspecified atom stereocenters. The van der Waals surface area contributed by atoms with E-state index in [1.807, 2.05) is 0 Å². The van der Waals surface area contributed by atoms with E-state index in [2.05, 4.69) is 10.3 Å². The van der Waals surface area contributed by atoms with Gasteiger partial charge < -0.3 is 5.11 Å². The van der Waals surface area contributed by atoms with Crippen molar-refractivity contribution in [3.63, 3.8) is 0 Å². The van der Waals surface area contributed by atoms with Crippen molar-refractivity contribution in [1.29, 1.82) is 0 Å². The first kappa shape index (κ1) is 16.1. The molecule has 9 heteroatoms. The highest BCUT2D eigenvalue weighted by molar-refractivity contribution is 8.01. The molecule has 2 N–H and O–H groups in total. The third kappa shape index (κ3) is 2.88. The van der Waals surface area contributed by atoms with Crippen LogP contribution < -0.4 is 5.32 Å². The number of nitrogens with one attached hydrogen (secondary N) is 1. The summed E-state index contributed by atoms with van der Waals surface area (Å²) in [6.07, 6.45) is 0. The SMILES string of the molecule is O=S(=O)(c1cc(O)c2cc(Cl)cc(Cl)c2n1)C1CSCCN1. The lowest BCUT2D eigenvalue weighted by molar-refractivity contribution is 0.478. The van der Waals surface area contributed by atoms with Crippen LogP contribution in [-0.4, -0.2) is 41.9 Å². The number of nitrogens with zero attached hydrogens (tertiary/aromatic N) is 1. The fourth-order valence-electron chi connectivity index (χ4n) is 2.24. The van der Waals surface area contributed by atoms with E-state index in [0.717, 1.165) is 11.8 Å². The summed E-state index contributed by atoms with van der Waals surface area (Å²) in [4.78, 5) is 4.14. The average molecular weight is 379 g/mol. The highest BCUT2D eigenvalue weighted by atomic mass is 35.5. The number of rotatable bonds is 2. The quantitative estimate of drug-likeness (QED) is 0.835. The van der Waals surface area contributed by atoms with Crippen molar-refractivity contribution in [3.8, 4) is 5.75 Å². The van der Waals surface area contributed by atoms with Crippen LogP contribution in [0.25, 0.3) is 10.9 Å². The number of hydrogen-bond acceptors (Lipinski definition) is 6. The van der Waals surface area contributed by atoms with Gasteiger partial charge >= 0.3 is 0 Å². The standard InChI is InChI=1S/C13H12Cl2N2O3S2/c14-7-3-8-10(18)5-11(17-13(8)9(15)4-7)22(19,20)12-6-21-2-1-16-12/h3-5,12,16H,1-2,6H2,(H,17,18). The molecule has 1 fully saturated rings. The Labute approximate surface area is 141 Å². The van der Waals surface area contributed by atoms with Gasteiger partial charge in [0.05, 0.1) is 10.5 Å². The minimum Gasteiger partial charge on any atom is -0.507 e. The molecule has 0 aliphatic carbocycles. The van der Waals surface area contributed by atoms with Gasteiger partial charge in [-0.25, -0.2) is 13.4 Å². The number of thioether (sulfide) groups is 1. The minimum atomic E-state index is -3.70. The lowest BCUT2D eigenvalue weighted by Crippen LogP contribution is -2.43. The van der Waals surface area contributed by atoms with E-state index in [0.29, 0.717) is 22.7 Å². The van der Waals surface area contributed by atoms with Gasteiger partial charge in [-0.2, -0.15) is 11.8 Å². The number of pyridine rings is 1. The molecule has 5 nitrogen and oxygen atoms in total. The van der Waals surface area contributed by atoms with Crippen molar-refractivity contribution in [2.75, 3.05) is 18.1 Å². The molecule has 1 aliphatic rings. The topological polar surface area (TPSA) is 79.3 Å². The summed E-state index contributed by atoms with van der Waals surface area (Å²) in [6.45, 7) is 0.616. The Kier molecular flexibility index (Phi) is 4.44. The van der Waals surface area contributed by atoms with E-state index < -0.39 is 15.2 Å². The van der Waals surface area contributed by atoms with Crippen LogP contribution in [0.2, 0.25) is 10.0 Å². The van der Waals surface area contributed by atoms with Gasteiger partial charge in [-0.05, 0) is 12.1 Å². The van der Waals surface area contributed by atoms with Crippen molar-refractivity contribution in [2.24, 2.45) is 0 Å². The molecule has 0 spiro atoms. The molecule has 0 radical (unpaired) electrons. The fraction of sp³-hybridized carbons (Fsp3) is 0.308. The number of aromatic hydroxyl groups is 1. The van der Waals surface area contributed by atoms with Crippen LogP contribution >= 0.6 is 35.0 Å². The van der Waals surface area contributed by atoms with Crippen LogP contribution in [0.4, 0.5) is 0 Å². The molecule has 1 saturated heterocycles. The summed E-state index contributed by atoms with van der Waals surface area (Å²) >= 11 is 13.5. The second-order valence-electron chi connectivity index (χ2n) is 4.83. The van der Waals surface area contributed by atoms with E-state index in [9.17, 15) is 13.5 Å². The first-order chi connectivity index (χ1) is 10.4.